The van der Waals surface area contributed by atoms with Gasteiger partial charge < -0.3 is 4.42 Å². The number of thiazole rings is 1. The second-order valence-electron chi connectivity index (χ2n) is 4.95. The van der Waals surface area contributed by atoms with E-state index in [0.717, 1.165) is 16.4 Å². The lowest BCUT2D eigenvalue weighted by Gasteiger charge is -2.03. The lowest BCUT2D eigenvalue weighted by molar-refractivity contribution is 0.560. The van der Waals surface area contributed by atoms with Gasteiger partial charge in [0.25, 0.3) is 0 Å². The Morgan fingerprint density at radius 2 is 1.96 bits per heavy atom. The minimum atomic E-state index is 0.698. The maximum absolute atomic E-state index is 5.19. The van der Waals surface area contributed by atoms with Gasteiger partial charge in [-0.3, -0.25) is 5.43 Å². The molecule has 0 spiro atoms. The van der Waals surface area contributed by atoms with E-state index in [9.17, 15) is 0 Å². The number of furan rings is 1. The van der Waals surface area contributed by atoms with Crippen molar-refractivity contribution in [2.45, 2.75) is 0 Å². The maximum atomic E-state index is 5.19. The summed E-state index contributed by atoms with van der Waals surface area (Å²) in [7, 11) is 0. The van der Waals surface area contributed by atoms with Crippen molar-refractivity contribution in [3.8, 4) is 11.3 Å². The van der Waals surface area contributed by atoms with Crippen molar-refractivity contribution in [3.05, 3.63) is 72.0 Å². The minimum absolute atomic E-state index is 0.698. The van der Waals surface area contributed by atoms with Gasteiger partial charge in [0.1, 0.15) is 5.76 Å². The van der Waals surface area contributed by atoms with Gasteiger partial charge in [0, 0.05) is 10.9 Å². The molecular formula is C18H13N3OS. The Morgan fingerprint density at radius 3 is 2.87 bits per heavy atom. The fraction of sp³-hybridized carbons (Fsp3) is 0. The molecule has 5 heteroatoms. The summed E-state index contributed by atoms with van der Waals surface area (Å²) >= 11 is 1.52. The van der Waals surface area contributed by atoms with Crippen molar-refractivity contribution in [2.75, 3.05) is 5.43 Å². The number of nitrogens with zero attached hydrogens (tertiary/aromatic N) is 2. The third kappa shape index (κ3) is 2.86. The third-order valence-electron chi connectivity index (χ3n) is 3.46. The second-order valence-corrected chi connectivity index (χ2v) is 5.81. The normalized spacial score (nSPS) is 11.3. The Morgan fingerprint density at radius 1 is 1.04 bits per heavy atom. The number of anilines is 1. The number of fused-ring (bicyclic) bond motifs is 1. The molecule has 2 aromatic carbocycles. The topological polar surface area (TPSA) is 50.4 Å². The molecule has 0 atom stereocenters. The molecule has 4 rings (SSSR count). The average molecular weight is 319 g/mol. The Kier molecular flexibility index (Phi) is 3.62. The van der Waals surface area contributed by atoms with Gasteiger partial charge in [-0.05, 0) is 22.9 Å². The van der Waals surface area contributed by atoms with E-state index in [2.05, 4.69) is 45.8 Å². The van der Waals surface area contributed by atoms with Crippen LogP contribution in [-0.2, 0) is 0 Å². The van der Waals surface area contributed by atoms with Crippen LogP contribution in [0.5, 0.6) is 0 Å². The molecule has 23 heavy (non-hydrogen) atoms. The van der Waals surface area contributed by atoms with Crippen molar-refractivity contribution in [2.24, 2.45) is 5.10 Å². The van der Waals surface area contributed by atoms with Crippen LogP contribution in [0.15, 0.2) is 75.8 Å². The Hall–Kier alpha value is -2.92. The summed E-state index contributed by atoms with van der Waals surface area (Å²) in [6, 6.07) is 18.2. The fourth-order valence-corrected chi connectivity index (χ4v) is 3.07. The van der Waals surface area contributed by atoms with Gasteiger partial charge in [-0.25, -0.2) is 4.98 Å². The summed E-state index contributed by atoms with van der Waals surface area (Å²) in [6.45, 7) is 0. The van der Waals surface area contributed by atoms with Crippen molar-refractivity contribution >= 4 is 33.5 Å². The summed E-state index contributed by atoms with van der Waals surface area (Å²) in [5, 5.41) is 9.32. The van der Waals surface area contributed by atoms with E-state index in [-0.39, 0.29) is 0 Å². The second kappa shape index (κ2) is 6.06. The van der Waals surface area contributed by atoms with E-state index in [4.69, 9.17) is 4.42 Å². The Balaban J connectivity index is 1.60. The van der Waals surface area contributed by atoms with Crippen LogP contribution < -0.4 is 5.43 Å². The number of benzene rings is 2. The number of nitrogens with one attached hydrogen (secondary N) is 1. The molecule has 2 aromatic heterocycles. The smallest absolute Gasteiger partial charge is 0.203 e. The highest BCUT2D eigenvalue weighted by Gasteiger charge is 2.07. The zero-order chi connectivity index (χ0) is 15.5. The third-order valence-corrected chi connectivity index (χ3v) is 4.21. The van der Waals surface area contributed by atoms with E-state index in [0.29, 0.717) is 5.76 Å². The van der Waals surface area contributed by atoms with Gasteiger partial charge in [-0.15, -0.1) is 11.3 Å². The molecule has 0 radical (unpaired) electrons. The highest BCUT2D eigenvalue weighted by atomic mass is 32.1. The summed E-state index contributed by atoms with van der Waals surface area (Å²) in [5.41, 5.74) is 5.01. The van der Waals surface area contributed by atoms with Crippen molar-refractivity contribution in [3.63, 3.8) is 0 Å². The van der Waals surface area contributed by atoms with E-state index < -0.39 is 0 Å². The molecule has 0 aliphatic rings. The first kappa shape index (κ1) is 13.7. The monoisotopic (exact) mass is 319 g/mol. The van der Waals surface area contributed by atoms with Gasteiger partial charge >= 0.3 is 0 Å². The van der Waals surface area contributed by atoms with E-state index in [1.54, 1.807) is 12.5 Å². The highest BCUT2D eigenvalue weighted by molar-refractivity contribution is 7.14. The average Bonchev–Trinajstić information content (AvgIpc) is 3.26. The summed E-state index contributed by atoms with van der Waals surface area (Å²) in [6.07, 6.45) is 3.24. The van der Waals surface area contributed by atoms with Crippen LogP contribution in [-0.4, -0.2) is 11.2 Å². The molecule has 112 valence electrons. The molecule has 0 aliphatic heterocycles. The molecule has 1 N–H and O–H groups in total. The van der Waals surface area contributed by atoms with Gasteiger partial charge in [0.2, 0.25) is 5.13 Å². The van der Waals surface area contributed by atoms with Crippen LogP contribution in [0, 0.1) is 0 Å². The first-order valence-corrected chi connectivity index (χ1v) is 8.04. The lowest BCUT2D eigenvalue weighted by Crippen LogP contribution is -1.89. The molecule has 0 aliphatic carbocycles. The first-order valence-electron chi connectivity index (χ1n) is 7.16. The van der Waals surface area contributed by atoms with E-state index in [1.165, 1.54) is 22.1 Å². The predicted molar refractivity (Wildman–Crippen MR) is 95.0 cm³/mol. The van der Waals surface area contributed by atoms with Gasteiger partial charge in [-0.2, -0.15) is 5.10 Å². The van der Waals surface area contributed by atoms with Crippen LogP contribution in [0.2, 0.25) is 0 Å². The number of aromatic nitrogens is 1. The zero-order valence-corrected chi connectivity index (χ0v) is 13.0. The number of hydrogen-bond donors (Lipinski definition) is 1. The highest BCUT2D eigenvalue weighted by Crippen LogP contribution is 2.30. The molecule has 0 saturated heterocycles. The molecule has 0 unspecified atom stereocenters. The fourth-order valence-electron chi connectivity index (χ4n) is 2.41. The molecule has 4 aromatic rings. The van der Waals surface area contributed by atoms with Crippen LogP contribution in [0.4, 0.5) is 5.13 Å². The lowest BCUT2D eigenvalue weighted by atomic mass is 10.0. The number of rotatable bonds is 4. The Labute approximate surface area is 137 Å². The molecule has 0 amide bonds. The number of hydrazone groups is 1. The van der Waals surface area contributed by atoms with Crippen LogP contribution in [0.1, 0.15) is 5.76 Å². The molecule has 0 fully saturated rings. The molecule has 4 nitrogen and oxygen atoms in total. The summed E-state index contributed by atoms with van der Waals surface area (Å²) in [5.74, 6) is 0.698. The Bertz CT molecular complexity index is 952. The number of hydrogen-bond acceptors (Lipinski definition) is 5. The summed E-state index contributed by atoms with van der Waals surface area (Å²) < 4.78 is 5.19. The molecular weight excluding hydrogens is 306 g/mol. The van der Waals surface area contributed by atoms with Crippen LogP contribution in [0.25, 0.3) is 22.0 Å². The molecule has 0 saturated carbocycles. The van der Waals surface area contributed by atoms with Gasteiger partial charge in [0.15, 0.2) is 0 Å². The van der Waals surface area contributed by atoms with Crippen LogP contribution >= 0.6 is 11.3 Å². The van der Waals surface area contributed by atoms with Crippen molar-refractivity contribution in [1.29, 1.82) is 0 Å². The van der Waals surface area contributed by atoms with Crippen molar-refractivity contribution in [1.82, 2.24) is 4.98 Å². The maximum Gasteiger partial charge on any atom is 0.203 e. The summed E-state index contributed by atoms with van der Waals surface area (Å²) in [4.78, 5) is 4.61. The standard InChI is InChI=1S/C18H13N3OS/c1-2-8-15-13(5-1)6-3-9-16(15)17-12-23-18(20-17)21-19-11-14-7-4-10-22-14/h1-12H,(H,20,21)/b19-11-. The van der Waals surface area contributed by atoms with Gasteiger partial charge in [0.05, 0.1) is 18.2 Å². The quantitative estimate of drug-likeness (QED) is 0.425. The molecule has 0 bridgehead atoms. The van der Waals surface area contributed by atoms with Gasteiger partial charge in [-0.1, -0.05) is 42.5 Å². The van der Waals surface area contributed by atoms with Crippen molar-refractivity contribution < 1.29 is 4.42 Å². The first-order chi connectivity index (χ1) is 11.4. The predicted octanol–water partition coefficient (Wildman–Crippen LogP) is 5.00. The largest absolute Gasteiger partial charge is 0.463 e. The SMILES string of the molecule is C(=N/Nc1nc(-c2cccc3ccccc23)cs1)/c1ccco1. The van der Waals surface area contributed by atoms with Crippen LogP contribution in [0.3, 0.4) is 0 Å². The minimum Gasteiger partial charge on any atom is -0.463 e. The molecule has 2 heterocycles. The zero-order valence-electron chi connectivity index (χ0n) is 12.1. The van der Waals surface area contributed by atoms with E-state index in [1.807, 2.05) is 29.6 Å². The van der Waals surface area contributed by atoms with E-state index >= 15 is 0 Å².